The number of hydrogen-bond donors (Lipinski definition) is 1. The van der Waals surface area contributed by atoms with Gasteiger partial charge in [-0.1, -0.05) is 48.5 Å². The number of thiocarbonyl (C=S) groups is 1. The Kier molecular flexibility index (Phi) is 3.48. The first-order chi connectivity index (χ1) is 9.75. The Labute approximate surface area is 122 Å². The highest BCUT2D eigenvalue weighted by Gasteiger charge is 2.35. The Bertz CT molecular complexity index is 640. The van der Waals surface area contributed by atoms with Crippen LogP contribution in [0.1, 0.15) is 17.2 Å². The highest BCUT2D eigenvalue weighted by molar-refractivity contribution is 7.80. The van der Waals surface area contributed by atoms with E-state index in [1.807, 2.05) is 60.7 Å². The lowest BCUT2D eigenvalue weighted by molar-refractivity contribution is 0.240. The Morgan fingerprint density at radius 3 is 2.20 bits per heavy atom. The lowest BCUT2D eigenvalue weighted by Gasteiger charge is -2.15. The predicted molar refractivity (Wildman–Crippen MR) is 82.3 cm³/mol. The van der Waals surface area contributed by atoms with E-state index < -0.39 is 6.10 Å². The fourth-order valence-corrected chi connectivity index (χ4v) is 2.39. The Morgan fingerprint density at radius 2 is 1.60 bits per heavy atom. The van der Waals surface area contributed by atoms with Gasteiger partial charge in [0, 0.05) is 5.56 Å². The van der Waals surface area contributed by atoms with Gasteiger partial charge in [0.25, 0.3) is 0 Å². The van der Waals surface area contributed by atoms with Crippen molar-refractivity contribution in [2.45, 2.75) is 12.1 Å². The van der Waals surface area contributed by atoms with Gasteiger partial charge in [-0.2, -0.15) is 0 Å². The SMILES string of the molecule is OC(=S)[C@@H]1OC(c2ccccc2)=N[C@H]1c1ccccc1. The summed E-state index contributed by atoms with van der Waals surface area (Å²) >= 11 is 4.89. The van der Waals surface area contributed by atoms with Crippen molar-refractivity contribution >= 4 is 23.2 Å². The molecule has 0 aliphatic carbocycles. The molecule has 0 fully saturated rings. The number of aliphatic imine (C=N–C) groups is 1. The van der Waals surface area contributed by atoms with E-state index in [2.05, 4.69) is 4.99 Å². The summed E-state index contributed by atoms with van der Waals surface area (Å²) in [5.74, 6) is 0.515. The van der Waals surface area contributed by atoms with E-state index >= 15 is 0 Å². The quantitative estimate of drug-likeness (QED) is 0.877. The first-order valence-electron chi connectivity index (χ1n) is 6.33. The number of benzene rings is 2. The highest BCUT2D eigenvalue weighted by Crippen LogP contribution is 2.31. The molecule has 0 saturated carbocycles. The molecular weight excluding hydrogens is 270 g/mol. The van der Waals surface area contributed by atoms with Crippen LogP contribution in [-0.2, 0) is 4.74 Å². The summed E-state index contributed by atoms with van der Waals surface area (Å²) in [6.07, 6.45) is -0.609. The largest absolute Gasteiger partial charge is 0.499 e. The zero-order chi connectivity index (χ0) is 13.9. The molecule has 2 atom stereocenters. The van der Waals surface area contributed by atoms with Crippen molar-refractivity contribution in [3.8, 4) is 0 Å². The summed E-state index contributed by atoms with van der Waals surface area (Å²) in [6, 6.07) is 19.0. The summed E-state index contributed by atoms with van der Waals surface area (Å²) in [5.41, 5.74) is 1.85. The van der Waals surface area contributed by atoms with Crippen molar-refractivity contribution in [3.05, 3.63) is 71.8 Å². The molecule has 2 aromatic rings. The van der Waals surface area contributed by atoms with Crippen molar-refractivity contribution in [2.24, 2.45) is 4.99 Å². The predicted octanol–water partition coefficient (Wildman–Crippen LogP) is 3.46. The van der Waals surface area contributed by atoms with Gasteiger partial charge < -0.3 is 9.84 Å². The second-order valence-electron chi connectivity index (χ2n) is 4.53. The molecule has 100 valence electrons. The average Bonchev–Trinajstić information content (AvgIpc) is 2.94. The molecule has 20 heavy (non-hydrogen) atoms. The first-order valence-corrected chi connectivity index (χ1v) is 6.74. The minimum Gasteiger partial charge on any atom is -0.499 e. The molecule has 4 heteroatoms. The summed E-state index contributed by atoms with van der Waals surface area (Å²) in [7, 11) is 0. The minimum atomic E-state index is -0.609. The third-order valence-electron chi connectivity index (χ3n) is 3.19. The van der Waals surface area contributed by atoms with Gasteiger partial charge in [-0.25, -0.2) is 4.99 Å². The maximum atomic E-state index is 9.68. The smallest absolute Gasteiger partial charge is 0.217 e. The van der Waals surface area contributed by atoms with Crippen LogP contribution >= 0.6 is 12.2 Å². The number of rotatable bonds is 3. The van der Waals surface area contributed by atoms with Crippen LogP contribution in [0.2, 0.25) is 0 Å². The van der Waals surface area contributed by atoms with Crippen molar-refractivity contribution in [1.82, 2.24) is 0 Å². The van der Waals surface area contributed by atoms with Crippen LogP contribution in [-0.4, -0.2) is 22.2 Å². The van der Waals surface area contributed by atoms with Crippen LogP contribution in [0.15, 0.2) is 65.7 Å². The maximum Gasteiger partial charge on any atom is 0.217 e. The van der Waals surface area contributed by atoms with Gasteiger partial charge in [-0.15, -0.1) is 0 Å². The summed E-state index contributed by atoms with van der Waals surface area (Å²) < 4.78 is 5.73. The molecule has 0 aromatic heterocycles. The number of aliphatic hydroxyl groups excluding tert-OH is 1. The van der Waals surface area contributed by atoms with E-state index in [1.54, 1.807) is 0 Å². The molecule has 1 aliphatic heterocycles. The molecule has 1 heterocycles. The number of hydrogen-bond acceptors (Lipinski definition) is 3. The van der Waals surface area contributed by atoms with Gasteiger partial charge in [0.1, 0.15) is 6.04 Å². The van der Waals surface area contributed by atoms with E-state index in [1.165, 1.54) is 0 Å². The summed E-state index contributed by atoms with van der Waals surface area (Å²) in [4.78, 5) is 4.58. The standard InChI is InChI=1S/C16H13NO2S/c18-16(20)14-13(11-7-3-1-4-8-11)17-15(19-14)12-9-5-2-6-10-12/h1-10,13-14H,(H,18,20)/t13-,14+/m0/s1. The zero-order valence-corrected chi connectivity index (χ0v) is 11.5. The zero-order valence-electron chi connectivity index (χ0n) is 10.6. The van der Waals surface area contributed by atoms with Gasteiger partial charge in [-0.05, 0) is 29.9 Å². The van der Waals surface area contributed by atoms with E-state index in [9.17, 15) is 5.11 Å². The molecule has 0 saturated heterocycles. The normalized spacial score (nSPS) is 21.1. The van der Waals surface area contributed by atoms with Crippen LogP contribution in [0.5, 0.6) is 0 Å². The lowest BCUT2D eigenvalue weighted by Crippen LogP contribution is -2.25. The van der Waals surface area contributed by atoms with Crippen LogP contribution in [0.3, 0.4) is 0 Å². The number of ether oxygens (including phenoxy) is 1. The fourth-order valence-electron chi connectivity index (χ4n) is 2.22. The summed E-state index contributed by atoms with van der Waals surface area (Å²) in [5, 5.41) is 9.51. The molecular formula is C16H13NO2S. The molecule has 0 radical (unpaired) electrons. The molecule has 3 rings (SSSR count). The van der Waals surface area contributed by atoms with Crippen molar-refractivity contribution in [3.63, 3.8) is 0 Å². The molecule has 0 amide bonds. The second kappa shape index (κ2) is 5.43. The van der Waals surface area contributed by atoms with E-state index in [4.69, 9.17) is 17.0 Å². The van der Waals surface area contributed by atoms with Gasteiger partial charge in [0.05, 0.1) is 0 Å². The molecule has 1 N–H and O–H groups in total. The Morgan fingerprint density at radius 1 is 1.00 bits per heavy atom. The van der Waals surface area contributed by atoms with Crippen molar-refractivity contribution in [1.29, 1.82) is 0 Å². The second-order valence-corrected chi connectivity index (χ2v) is 4.95. The third-order valence-corrected chi connectivity index (χ3v) is 3.42. The highest BCUT2D eigenvalue weighted by atomic mass is 32.1. The van der Waals surface area contributed by atoms with Crippen LogP contribution < -0.4 is 0 Å². The van der Waals surface area contributed by atoms with Crippen molar-refractivity contribution in [2.75, 3.05) is 0 Å². The van der Waals surface area contributed by atoms with E-state index in [-0.39, 0.29) is 11.1 Å². The van der Waals surface area contributed by atoms with E-state index in [0.29, 0.717) is 5.90 Å². The fraction of sp³-hybridized carbons (Fsp3) is 0.125. The first kappa shape index (κ1) is 12.8. The molecule has 0 bridgehead atoms. The van der Waals surface area contributed by atoms with Crippen LogP contribution in [0, 0.1) is 0 Å². The van der Waals surface area contributed by atoms with Crippen LogP contribution in [0.25, 0.3) is 0 Å². The van der Waals surface area contributed by atoms with Gasteiger partial charge in [0.2, 0.25) is 10.9 Å². The third kappa shape index (κ3) is 2.42. The van der Waals surface area contributed by atoms with Crippen LogP contribution in [0.4, 0.5) is 0 Å². The number of nitrogens with zero attached hydrogens (tertiary/aromatic N) is 1. The minimum absolute atomic E-state index is 0.173. The van der Waals surface area contributed by atoms with Gasteiger partial charge in [-0.3, -0.25) is 0 Å². The average molecular weight is 283 g/mol. The molecule has 2 aromatic carbocycles. The maximum absolute atomic E-state index is 9.68. The summed E-state index contributed by atoms with van der Waals surface area (Å²) in [6.45, 7) is 0. The molecule has 0 unspecified atom stereocenters. The topological polar surface area (TPSA) is 41.8 Å². The molecule has 0 spiro atoms. The Hall–Kier alpha value is -2.20. The van der Waals surface area contributed by atoms with E-state index in [0.717, 1.165) is 11.1 Å². The lowest BCUT2D eigenvalue weighted by atomic mass is 10.0. The Balaban J connectivity index is 1.98. The monoisotopic (exact) mass is 283 g/mol. The molecule has 3 nitrogen and oxygen atoms in total. The number of aliphatic hydroxyl groups is 1. The van der Waals surface area contributed by atoms with Crippen molar-refractivity contribution < 1.29 is 9.84 Å². The molecule has 1 aliphatic rings. The van der Waals surface area contributed by atoms with Gasteiger partial charge in [0.15, 0.2) is 6.10 Å². The van der Waals surface area contributed by atoms with Gasteiger partial charge >= 0.3 is 0 Å².